The van der Waals surface area contributed by atoms with E-state index in [1.165, 1.54) is 36.8 Å². The summed E-state index contributed by atoms with van der Waals surface area (Å²) in [7, 11) is 0. The molecule has 2 aliphatic rings. The minimum atomic E-state index is -0.0115. The van der Waals surface area contributed by atoms with E-state index in [0.717, 1.165) is 13.2 Å². The van der Waals surface area contributed by atoms with E-state index in [0.29, 0.717) is 17.8 Å². The average molecular weight is 321 g/mol. The number of hydrogen-bond donors (Lipinski definition) is 0. The summed E-state index contributed by atoms with van der Waals surface area (Å²) in [5, 5.41) is 0. The number of aryl methyl sites for hydroxylation is 1. The van der Waals surface area contributed by atoms with Crippen molar-refractivity contribution in [1.82, 2.24) is 0 Å². The van der Waals surface area contributed by atoms with Crippen LogP contribution < -0.4 is 0 Å². The van der Waals surface area contributed by atoms with Gasteiger partial charge in [-0.2, -0.15) is 0 Å². The molecule has 0 atom stereocenters. The topological polar surface area (TPSA) is 18.5 Å². The molecule has 22 heavy (non-hydrogen) atoms. The number of rotatable bonds is 3. The molecule has 1 heterocycles. The van der Waals surface area contributed by atoms with Crippen LogP contribution in [0, 0.1) is 18.8 Å². The highest BCUT2D eigenvalue weighted by atomic mass is 35.5. The summed E-state index contributed by atoms with van der Waals surface area (Å²) >= 11 is 5.67. The SMILES string of the molecule is Cc1ccc(C2COC(C3CCC(/C=C/Cl)CC3)OC2)cc1. The largest absolute Gasteiger partial charge is 0.352 e. The normalized spacial score (nSPS) is 33.2. The summed E-state index contributed by atoms with van der Waals surface area (Å²) in [6.07, 6.45) is 6.84. The van der Waals surface area contributed by atoms with Gasteiger partial charge in [-0.3, -0.25) is 0 Å². The van der Waals surface area contributed by atoms with Crippen molar-refractivity contribution in [3.8, 4) is 0 Å². The highest BCUT2D eigenvalue weighted by Crippen LogP contribution is 2.35. The molecule has 3 rings (SSSR count). The van der Waals surface area contributed by atoms with Gasteiger partial charge in [0.25, 0.3) is 0 Å². The predicted octanol–water partition coefficient (Wildman–Crippen LogP) is 5.01. The molecule has 1 saturated heterocycles. The molecule has 0 radical (unpaired) electrons. The van der Waals surface area contributed by atoms with Gasteiger partial charge in [0.15, 0.2) is 6.29 Å². The Morgan fingerprint density at radius 2 is 1.64 bits per heavy atom. The Balaban J connectivity index is 1.49. The first-order valence-corrected chi connectivity index (χ1v) is 8.76. The second kappa shape index (κ2) is 7.63. The molecule has 0 spiro atoms. The zero-order chi connectivity index (χ0) is 15.4. The van der Waals surface area contributed by atoms with Crippen molar-refractivity contribution in [3.63, 3.8) is 0 Å². The van der Waals surface area contributed by atoms with E-state index in [1.54, 1.807) is 5.54 Å². The van der Waals surface area contributed by atoms with Crippen LogP contribution in [0.25, 0.3) is 0 Å². The van der Waals surface area contributed by atoms with Crippen LogP contribution in [0.3, 0.4) is 0 Å². The number of allylic oxidation sites excluding steroid dienone is 1. The molecule has 0 aromatic heterocycles. The minimum absolute atomic E-state index is 0.0115. The molecule has 1 aliphatic carbocycles. The molecule has 1 aliphatic heterocycles. The van der Waals surface area contributed by atoms with E-state index in [2.05, 4.69) is 37.3 Å². The van der Waals surface area contributed by atoms with Gasteiger partial charge >= 0.3 is 0 Å². The quantitative estimate of drug-likeness (QED) is 0.779. The van der Waals surface area contributed by atoms with Crippen molar-refractivity contribution in [2.24, 2.45) is 11.8 Å². The Morgan fingerprint density at radius 3 is 2.23 bits per heavy atom. The smallest absolute Gasteiger partial charge is 0.160 e. The van der Waals surface area contributed by atoms with Crippen molar-refractivity contribution >= 4 is 11.6 Å². The van der Waals surface area contributed by atoms with E-state index in [9.17, 15) is 0 Å². The summed E-state index contributed by atoms with van der Waals surface area (Å²) in [6.45, 7) is 3.66. The molecular formula is C19H25ClO2. The fourth-order valence-corrected chi connectivity index (χ4v) is 3.74. The average Bonchev–Trinajstić information content (AvgIpc) is 2.57. The molecule has 3 heteroatoms. The highest BCUT2D eigenvalue weighted by molar-refractivity contribution is 6.25. The van der Waals surface area contributed by atoms with Crippen molar-refractivity contribution in [2.45, 2.75) is 44.8 Å². The molecule has 1 aromatic carbocycles. The van der Waals surface area contributed by atoms with Gasteiger partial charge in [-0.1, -0.05) is 47.5 Å². The molecular weight excluding hydrogens is 296 g/mol. The maximum absolute atomic E-state index is 6.04. The molecule has 0 unspecified atom stereocenters. The molecule has 0 N–H and O–H groups in total. The lowest BCUT2D eigenvalue weighted by Crippen LogP contribution is -2.37. The van der Waals surface area contributed by atoms with E-state index in [1.807, 2.05) is 0 Å². The van der Waals surface area contributed by atoms with Crippen molar-refractivity contribution in [3.05, 3.63) is 47.0 Å². The lowest BCUT2D eigenvalue weighted by Gasteiger charge is -2.37. The maximum Gasteiger partial charge on any atom is 0.160 e. The zero-order valence-electron chi connectivity index (χ0n) is 13.2. The molecule has 1 saturated carbocycles. The van der Waals surface area contributed by atoms with Crippen LogP contribution in [0.1, 0.15) is 42.7 Å². The van der Waals surface area contributed by atoms with Crippen LogP contribution in [-0.2, 0) is 9.47 Å². The van der Waals surface area contributed by atoms with Gasteiger partial charge in [-0.15, -0.1) is 0 Å². The van der Waals surface area contributed by atoms with Gasteiger partial charge in [-0.25, -0.2) is 0 Å². The van der Waals surface area contributed by atoms with Crippen LogP contribution in [0.5, 0.6) is 0 Å². The Bertz CT molecular complexity index is 481. The van der Waals surface area contributed by atoms with Crippen molar-refractivity contribution in [1.29, 1.82) is 0 Å². The van der Waals surface area contributed by atoms with Gasteiger partial charge in [0.05, 0.1) is 13.2 Å². The first-order valence-electron chi connectivity index (χ1n) is 8.33. The Labute approximate surface area is 138 Å². The second-order valence-electron chi connectivity index (χ2n) is 6.64. The van der Waals surface area contributed by atoms with Gasteiger partial charge in [-0.05, 0) is 44.1 Å². The van der Waals surface area contributed by atoms with Gasteiger partial charge in [0.2, 0.25) is 0 Å². The third-order valence-electron chi connectivity index (χ3n) is 5.02. The third kappa shape index (κ3) is 3.92. The van der Waals surface area contributed by atoms with E-state index in [4.69, 9.17) is 21.1 Å². The lowest BCUT2D eigenvalue weighted by molar-refractivity contribution is -0.217. The molecule has 120 valence electrons. The van der Waals surface area contributed by atoms with Gasteiger partial charge < -0.3 is 9.47 Å². The Morgan fingerprint density at radius 1 is 1.00 bits per heavy atom. The lowest BCUT2D eigenvalue weighted by atomic mass is 9.81. The second-order valence-corrected chi connectivity index (χ2v) is 6.89. The first kappa shape index (κ1) is 16.0. The highest BCUT2D eigenvalue weighted by Gasteiger charge is 2.32. The fourth-order valence-electron chi connectivity index (χ4n) is 3.53. The Hall–Kier alpha value is -0.830. The standard InChI is InChI=1S/C19H25ClO2/c1-14-2-6-16(7-3-14)18-12-21-19(22-13-18)17-8-4-15(5-9-17)10-11-20/h2-3,6-7,10-11,15,17-19H,4-5,8-9,12-13H2,1H3/b11-10+. The predicted molar refractivity (Wildman–Crippen MR) is 90.1 cm³/mol. The zero-order valence-corrected chi connectivity index (χ0v) is 14.0. The van der Waals surface area contributed by atoms with Crippen LogP contribution in [0.2, 0.25) is 0 Å². The van der Waals surface area contributed by atoms with Gasteiger partial charge in [0, 0.05) is 17.4 Å². The number of halogens is 1. The summed E-state index contributed by atoms with van der Waals surface area (Å²) in [6, 6.07) is 8.70. The third-order valence-corrected chi connectivity index (χ3v) is 5.16. The van der Waals surface area contributed by atoms with E-state index < -0.39 is 0 Å². The monoisotopic (exact) mass is 320 g/mol. The maximum atomic E-state index is 6.04. The number of benzene rings is 1. The summed E-state index contributed by atoms with van der Waals surface area (Å²) in [5.41, 5.74) is 4.27. The number of hydrogen-bond acceptors (Lipinski definition) is 2. The molecule has 2 fully saturated rings. The number of ether oxygens (including phenoxy) is 2. The summed E-state index contributed by atoms with van der Waals surface area (Å²) in [4.78, 5) is 0. The molecule has 0 amide bonds. The van der Waals surface area contributed by atoms with Crippen LogP contribution in [0.15, 0.2) is 35.9 Å². The molecule has 0 bridgehead atoms. The fraction of sp³-hybridized carbons (Fsp3) is 0.579. The first-order chi connectivity index (χ1) is 10.8. The summed E-state index contributed by atoms with van der Waals surface area (Å²) in [5.74, 6) is 1.55. The van der Waals surface area contributed by atoms with Crippen LogP contribution in [0.4, 0.5) is 0 Å². The van der Waals surface area contributed by atoms with Crippen molar-refractivity contribution < 1.29 is 9.47 Å². The van der Waals surface area contributed by atoms with E-state index in [-0.39, 0.29) is 6.29 Å². The molecule has 2 nitrogen and oxygen atoms in total. The summed E-state index contributed by atoms with van der Waals surface area (Å²) < 4.78 is 12.1. The minimum Gasteiger partial charge on any atom is -0.352 e. The van der Waals surface area contributed by atoms with E-state index >= 15 is 0 Å². The Kier molecular flexibility index (Phi) is 5.56. The van der Waals surface area contributed by atoms with Crippen LogP contribution in [-0.4, -0.2) is 19.5 Å². The van der Waals surface area contributed by atoms with Gasteiger partial charge in [0.1, 0.15) is 0 Å². The van der Waals surface area contributed by atoms with Crippen molar-refractivity contribution in [2.75, 3.05) is 13.2 Å². The van der Waals surface area contributed by atoms with Crippen LogP contribution >= 0.6 is 11.6 Å². The molecule has 1 aromatic rings.